The third-order valence-corrected chi connectivity index (χ3v) is 4.65. The molecular weight excluding hydrogens is 228 g/mol. The Bertz CT molecular complexity index is 310. The number of rotatable bonds is 4. The first-order valence-electron chi connectivity index (χ1n) is 6.84. The molecule has 1 fully saturated rings. The zero-order valence-electron chi connectivity index (χ0n) is 10.8. The van der Waals surface area contributed by atoms with Gasteiger partial charge in [0.05, 0.1) is 0 Å². The lowest BCUT2D eigenvalue weighted by molar-refractivity contribution is 0.136. The van der Waals surface area contributed by atoms with Crippen molar-refractivity contribution in [3.05, 3.63) is 22.4 Å². The summed E-state index contributed by atoms with van der Waals surface area (Å²) >= 11 is 1.78. The van der Waals surface area contributed by atoms with Crippen molar-refractivity contribution in [1.29, 1.82) is 0 Å². The molecule has 2 nitrogen and oxygen atoms in total. The maximum Gasteiger partial charge on any atom is 0.0481 e. The van der Waals surface area contributed by atoms with E-state index in [1.807, 2.05) is 0 Å². The molecule has 1 aromatic heterocycles. The molecule has 1 aromatic rings. The molecule has 96 valence electrons. The van der Waals surface area contributed by atoms with E-state index in [0.717, 1.165) is 12.6 Å². The van der Waals surface area contributed by atoms with E-state index in [9.17, 15) is 0 Å². The lowest BCUT2D eigenvalue weighted by Crippen LogP contribution is -2.40. The monoisotopic (exact) mass is 252 g/mol. The van der Waals surface area contributed by atoms with Crippen LogP contribution in [0.2, 0.25) is 0 Å². The van der Waals surface area contributed by atoms with Crippen LogP contribution in [0.15, 0.2) is 16.8 Å². The maximum absolute atomic E-state index is 6.03. The second-order valence-corrected chi connectivity index (χ2v) is 5.74. The van der Waals surface area contributed by atoms with Crippen LogP contribution in [-0.2, 0) is 0 Å². The van der Waals surface area contributed by atoms with Crippen LogP contribution >= 0.6 is 11.3 Å². The molecule has 3 heteroatoms. The van der Waals surface area contributed by atoms with Gasteiger partial charge in [-0.3, -0.25) is 4.90 Å². The highest BCUT2D eigenvalue weighted by molar-refractivity contribution is 7.07. The van der Waals surface area contributed by atoms with Crippen LogP contribution < -0.4 is 5.73 Å². The summed E-state index contributed by atoms with van der Waals surface area (Å²) < 4.78 is 0. The summed E-state index contributed by atoms with van der Waals surface area (Å²) in [5.41, 5.74) is 7.44. The normalized spacial score (nSPS) is 24.5. The molecule has 1 aliphatic heterocycles. The average Bonchev–Trinajstić information content (AvgIpc) is 2.76. The summed E-state index contributed by atoms with van der Waals surface area (Å²) in [6, 6.07) is 3.40. The third-order valence-electron chi connectivity index (χ3n) is 3.95. The van der Waals surface area contributed by atoms with Gasteiger partial charge in [-0.05, 0) is 48.2 Å². The second-order valence-electron chi connectivity index (χ2n) is 4.96. The minimum atomic E-state index is 0.435. The molecule has 0 amide bonds. The van der Waals surface area contributed by atoms with Gasteiger partial charge in [0.15, 0.2) is 0 Å². The Morgan fingerprint density at radius 1 is 1.47 bits per heavy atom. The minimum absolute atomic E-state index is 0.435. The van der Waals surface area contributed by atoms with Gasteiger partial charge in [-0.15, -0.1) is 0 Å². The predicted molar refractivity (Wildman–Crippen MR) is 75.4 cm³/mol. The predicted octanol–water partition coefficient (Wildman–Crippen LogP) is 3.40. The van der Waals surface area contributed by atoms with E-state index in [1.54, 1.807) is 11.3 Å². The van der Waals surface area contributed by atoms with Crippen molar-refractivity contribution in [3.8, 4) is 0 Å². The molecule has 2 rings (SSSR count). The van der Waals surface area contributed by atoms with Gasteiger partial charge in [0.25, 0.3) is 0 Å². The fourth-order valence-electron chi connectivity index (χ4n) is 2.98. The SMILES string of the molecule is CCC1CCCCCN1C(CN)c1ccsc1. The van der Waals surface area contributed by atoms with Crippen molar-refractivity contribution >= 4 is 11.3 Å². The Hall–Kier alpha value is -0.380. The zero-order chi connectivity index (χ0) is 12.1. The molecule has 0 aliphatic carbocycles. The van der Waals surface area contributed by atoms with E-state index >= 15 is 0 Å². The first-order chi connectivity index (χ1) is 8.36. The summed E-state index contributed by atoms with van der Waals surface area (Å²) in [7, 11) is 0. The summed E-state index contributed by atoms with van der Waals surface area (Å²) in [4.78, 5) is 2.66. The van der Waals surface area contributed by atoms with Gasteiger partial charge in [0.2, 0.25) is 0 Å². The summed E-state index contributed by atoms with van der Waals surface area (Å²) in [5.74, 6) is 0. The summed E-state index contributed by atoms with van der Waals surface area (Å²) in [5, 5.41) is 4.42. The molecule has 0 aromatic carbocycles. The van der Waals surface area contributed by atoms with Crippen molar-refractivity contribution in [1.82, 2.24) is 4.90 Å². The Morgan fingerprint density at radius 2 is 2.35 bits per heavy atom. The number of hydrogen-bond acceptors (Lipinski definition) is 3. The molecule has 17 heavy (non-hydrogen) atoms. The molecule has 2 unspecified atom stereocenters. The number of nitrogens with zero attached hydrogens (tertiary/aromatic N) is 1. The molecule has 2 heterocycles. The highest BCUT2D eigenvalue weighted by Gasteiger charge is 2.26. The third kappa shape index (κ3) is 3.09. The molecule has 0 saturated carbocycles. The smallest absolute Gasteiger partial charge is 0.0481 e. The van der Waals surface area contributed by atoms with Crippen molar-refractivity contribution in [2.24, 2.45) is 5.73 Å². The largest absolute Gasteiger partial charge is 0.329 e. The molecule has 2 atom stereocenters. The topological polar surface area (TPSA) is 29.3 Å². The minimum Gasteiger partial charge on any atom is -0.329 e. The van der Waals surface area contributed by atoms with E-state index in [4.69, 9.17) is 5.73 Å². The van der Waals surface area contributed by atoms with Crippen molar-refractivity contribution < 1.29 is 0 Å². The van der Waals surface area contributed by atoms with Crippen LogP contribution in [0.25, 0.3) is 0 Å². The lowest BCUT2D eigenvalue weighted by atomic mass is 10.0. The molecule has 0 spiro atoms. The van der Waals surface area contributed by atoms with Crippen molar-refractivity contribution in [2.45, 2.75) is 51.1 Å². The van der Waals surface area contributed by atoms with E-state index in [0.29, 0.717) is 6.04 Å². The fraction of sp³-hybridized carbons (Fsp3) is 0.714. The fourth-order valence-corrected chi connectivity index (χ4v) is 3.68. The Labute approximate surface area is 109 Å². The van der Waals surface area contributed by atoms with Gasteiger partial charge in [-0.2, -0.15) is 11.3 Å². The average molecular weight is 252 g/mol. The van der Waals surface area contributed by atoms with Crippen LogP contribution in [0, 0.1) is 0 Å². The van der Waals surface area contributed by atoms with E-state index in [2.05, 4.69) is 28.7 Å². The molecule has 0 radical (unpaired) electrons. The van der Waals surface area contributed by atoms with Gasteiger partial charge < -0.3 is 5.73 Å². The van der Waals surface area contributed by atoms with Gasteiger partial charge >= 0.3 is 0 Å². The van der Waals surface area contributed by atoms with Crippen LogP contribution in [-0.4, -0.2) is 24.0 Å². The standard InChI is InChI=1S/C14H24N2S/c1-2-13-6-4-3-5-8-16(13)14(10-15)12-7-9-17-11-12/h7,9,11,13-14H,2-6,8,10,15H2,1H3. The van der Waals surface area contributed by atoms with Gasteiger partial charge in [-0.1, -0.05) is 19.8 Å². The number of hydrogen-bond donors (Lipinski definition) is 1. The zero-order valence-corrected chi connectivity index (χ0v) is 11.6. The maximum atomic E-state index is 6.03. The molecule has 0 bridgehead atoms. The molecular formula is C14H24N2S. The van der Waals surface area contributed by atoms with Gasteiger partial charge in [-0.25, -0.2) is 0 Å². The van der Waals surface area contributed by atoms with Gasteiger partial charge in [0.1, 0.15) is 0 Å². The van der Waals surface area contributed by atoms with E-state index in [-0.39, 0.29) is 0 Å². The Kier molecular flexibility index (Phi) is 5.01. The first kappa shape index (κ1) is 13.1. The van der Waals surface area contributed by atoms with Crippen molar-refractivity contribution in [2.75, 3.05) is 13.1 Å². The van der Waals surface area contributed by atoms with Crippen molar-refractivity contribution in [3.63, 3.8) is 0 Å². The quantitative estimate of drug-likeness (QED) is 0.890. The van der Waals surface area contributed by atoms with Crippen LogP contribution in [0.4, 0.5) is 0 Å². The van der Waals surface area contributed by atoms with E-state index < -0.39 is 0 Å². The Balaban J connectivity index is 2.15. The van der Waals surface area contributed by atoms with Gasteiger partial charge in [0, 0.05) is 18.6 Å². The number of likely N-dealkylation sites (tertiary alicyclic amines) is 1. The second kappa shape index (κ2) is 6.53. The summed E-state index contributed by atoms with van der Waals surface area (Å²) in [6.07, 6.45) is 6.69. The lowest BCUT2D eigenvalue weighted by Gasteiger charge is -2.36. The van der Waals surface area contributed by atoms with E-state index in [1.165, 1.54) is 44.2 Å². The van der Waals surface area contributed by atoms with Crippen LogP contribution in [0.3, 0.4) is 0 Å². The molecule has 1 saturated heterocycles. The number of nitrogens with two attached hydrogens (primary N) is 1. The highest BCUT2D eigenvalue weighted by atomic mass is 32.1. The Morgan fingerprint density at radius 3 is 3.00 bits per heavy atom. The summed E-state index contributed by atoms with van der Waals surface area (Å²) in [6.45, 7) is 4.27. The molecule has 1 aliphatic rings. The van der Waals surface area contributed by atoms with Crippen LogP contribution in [0.1, 0.15) is 50.6 Å². The first-order valence-corrected chi connectivity index (χ1v) is 7.79. The highest BCUT2D eigenvalue weighted by Crippen LogP contribution is 2.29. The van der Waals surface area contributed by atoms with Crippen LogP contribution in [0.5, 0.6) is 0 Å². The number of thiophene rings is 1. The molecule has 2 N–H and O–H groups in total.